The van der Waals surface area contributed by atoms with Crippen LogP contribution in [0.4, 0.5) is 0 Å². The van der Waals surface area contributed by atoms with Crippen LogP contribution in [0.5, 0.6) is 5.75 Å². The van der Waals surface area contributed by atoms with Crippen LogP contribution in [0, 0.1) is 6.92 Å². The van der Waals surface area contributed by atoms with Crippen LogP contribution in [0.1, 0.15) is 34.6 Å². The highest BCUT2D eigenvalue weighted by Crippen LogP contribution is 2.32. The summed E-state index contributed by atoms with van der Waals surface area (Å²) in [6, 6.07) is 14.6. The molecule has 5 nitrogen and oxygen atoms in total. The van der Waals surface area contributed by atoms with E-state index in [0.29, 0.717) is 27.6 Å². The Hall–Kier alpha value is -2.79. The summed E-state index contributed by atoms with van der Waals surface area (Å²) >= 11 is 6.24. The van der Waals surface area contributed by atoms with Crippen LogP contribution in [-0.4, -0.2) is 18.2 Å². The number of amides is 1. The Kier molecular flexibility index (Phi) is 5.28. The number of halogens is 1. The molecule has 1 unspecified atom stereocenters. The van der Waals surface area contributed by atoms with Crippen molar-refractivity contribution in [2.75, 3.05) is 7.11 Å². The van der Waals surface area contributed by atoms with Crippen molar-refractivity contribution >= 4 is 17.5 Å². The minimum absolute atomic E-state index is 0.193. The van der Waals surface area contributed by atoms with E-state index in [1.54, 1.807) is 26.2 Å². The maximum absolute atomic E-state index is 12.9. The van der Waals surface area contributed by atoms with Crippen LogP contribution in [0.2, 0.25) is 5.02 Å². The summed E-state index contributed by atoms with van der Waals surface area (Å²) < 4.78 is 10.5. The number of ether oxygens (including phenoxy) is 1. The number of aryl methyl sites for hydroxylation is 1. The molecule has 3 aromatic rings. The number of nitrogens with zero attached hydrogens (tertiary/aromatic N) is 1. The maximum atomic E-state index is 12.9. The van der Waals surface area contributed by atoms with E-state index in [1.807, 2.05) is 43.3 Å². The number of carbonyl (C=O) groups excluding carboxylic acids is 1. The SMILES string of the molecule is COc1ccc(C(C)NC(=O)c2c(C)noc2-c2ccccc2Cl)cc1. The van der Waals surface area contributed by atoms with Gasteiger partial charge in [0.05, 0.1) is 23.9 Å². The summed E-state index contributed by atoms with van der Waals surface area (Å²) in [5.41, 5.74) is 2.50. The molecule has 0 fully saturated rings. The summed E-state index contributed by atoms with van der Waals surface area (Å²) in [6.45, 7) is 3.65. The third-order valence-electron chi connectivity index (χ3n) is 4.17. The Morgan fingerprint density at radius 2 is 1.88 bits per heavy atom. The average Bonchev–Trinajstić information content (AvgIpc) is 3.03. The van der Waals surface area contributed by atoms with Crippen molar-refractivity contribution in [1.29, 1.82) is 0 Å². The molecular formula is C20H19ClN2O3. The standard InChI is InChI=1S/C20H19ClN2O3/c1-12(14-8-10-15(25-3)11-9-14)22-20(24)18-13(2)23-26-19(18)16-6-4-5-7-17(16)21/h4-12H,1-3H3,(H,22,24). The lowest BCUT2D eigenvalue weighted by Crippen LogP contribution is -2.27. The molecule has 0 spiro atoms. The van der Waals surface area contributed by atoms with E-state index in [1.165, 1.54) is 0 Å². The third kappa shape index (κ3) is 3.58. The molecule has 0 bridgehead atoms. The smallest absolute Gasteiger partial charge is 0.257 e. The minimum Gasteiger partial charge on any atom is -0.497 e. The molecular weight excluding hydrogens is 352 g/mol. The molecule has 0 aliphatic rings. The molecule has 6 heteroatoms. The van der Waals surface area contributed by atoms with Gasteiger partial charge in [0.25, 0.3) is 5.91 Å². The Morgan fingerprint density at radius 1 is 1.19 bits per heavy atom. The molecule has 1 atom stereocenters. The molecule has 3 rings (SSSR count). The van der Waals surface area contributed by atoms with Gasteiger partial charge in [-0.3, -0.25) is 4.79 Å². The van der Waals surface area contributed by atoms with Gasteiger partial charge in [-0.1, -0.05) is 41.0 Å². The zero-order valence-electron chi connectivity index (χ0n) is 14.7. The van der Waals surface area contributed by atoms with Gasteiger partial charge in [-0.2, -0.15) is 0 Å². The van der Waals surface area contributed by atoms with Gasteiger partial charge in [-0.25, -0.2) is 0 Å². The fourth-order valence-electron chi connectivity index (χ4n) is 2.71. The van der Waals surface area contributed by atoms with E-state index in [4.69, 9.17) is 20.9 Å². The first-order chi connectivity index (χ1) is 12.5. The Bertz CT molecular complexity index is 919. The summed E-state index contributed by atoms with van der Waals surface area (Å²) in [4.78, 5) is 12.9. The van der Waals surface area contributed by atoms with Crippen LogP contribution >= 0.6 is 11.6 Å². The zero-order valence-corrected chi connectivity index (χ0v) is 15.5. The van der Waals surface area contributed by atoms with Crippen molar-refractivity contribution in [3.63, 3.8) is 0 Å². The lowest BCUT2D eigenvalue weighted by molar-refractivity contribution is 0.0939. The molecule has 1 N–H and O–H groups in total. The molecule has 1 amide bonds. The first-order valence-electron chi connectivity index (χ1n) is 8.17. The van der Waals surface area contributed by atoms with Crippen molar-refractivity contribution in [3.8, 4) is 17.1 Å². The summed E-state index contributed by atoms with van der Waals surface area (Å²) in [6.07, 6.45) is 0. The number of nitrogens with one attached hydrogen (secondary N) is 1. The molecule has 0 aliphatic carbocycles. The first kappa shape index (κ1) is 18.0. The van der Waals surface area contributed by atoms with Gasteiger partial charge in [0, 0.05) is 5.56 Å². The molecule has 26 heavy (non-hydrogen) atoms. The largest absolute Gasteiger partial charge is 0.497 e. The van der Waals surface area contributed by atoms with E-state index in [-0.39, 0.29) is 11.9 Å². The van der Waals surface area contributed by atoms with Gasteiger partial charge in [0.2, 0.25) is 0 Å². The summed E-state index contributed by atoms with van der Waals surface area (Å²) in [7, 11) is 1.62. The van der Waals surface area contributed by atoms with E-state index >= 15 is 0 Å². The number of methoxy groups -OCH3 is 1. The summed E-state index contributed by atoms with van der Waals surface area (Å²) in [5.74, 6) is 0.873. The maximum Gasteiger partial charge on any atom is 0.257 e. The number of carbonyl (C=O) groups is 1. The van der Waals surface area contributed by atoms with Gasteiger partial charge in [-0.15, -0.1) is 0 Å². The van der Waals surface area contributed by atoms with Gasteiger partial charge in [0.1, 0.15) is 11.3 Å². The topological polar surface area (TPSA) is 64.4 Å². The Labute approximate surface area is 156 Å². The van der Waals surface area contributed by atoms with Gasteiger partial charge >= 0.3 is 0 Å². The van der Waals surface area contributed by atoms with Crippen molar-refractivity contribution in [2.24, 2.45) is 0 Å². The average molecular weight is 371 g/mol. The number of benzene rings is 2. The van der Waals surface area contributed by atoms with Gasteiger partial charge in [-0.05, 0) is 43.7 Å². The highest BCUT2D eigenvalue weighted by atomic mass is 35.5. The van der Waals surface area contributed by atoms with Crippen LogP contribution in [0.15, 0.2) is 53.1 Å². The molecule has 0 aliphatic heterocycles. The third-order valence-corrected chi connectivity index (χ3v) is 4.50. The van der Waals surface area contributed by atoms with Crippen LogP contribution in [0.3, 0.4) is 0 Å². The second-order valence-electron chi connectivity index (χ2n) is 5.92. The predicted octanol–water partition coefficient (Wildman–Crippen LogP) is 4.80. The van der Waals surface area contributed by atoms with Crippen LogP contribution in [-0.2, 0) is 0 Å². The molecule has 1 aromatic heterocycles. The quantitative estimate of drug-likeness (QED) is 0.700. The Morgan fingerprint density at radius 3 is 2.54 bits per heavy atom. The van der Waals surface area contributed by atoms with E-state index in [2.05, 4.69) is 10.5 Å². The normalized spacial score (nSPS) is 11.8. The predicted molar refractivity (Wildman–Crippen MR) is 101 cm³/mol. The van der Waals surface area contributed by atoms with Crippen molar-refractivity contribution < 1.29 is 14.1 Å². The lowest BCUT2D eigenvalue weighted by Gasteiger charge is -2.15. The molecule has 2 aromatic carbocycles. The van der Waals surface area contributed by atoms with Crippen molar-refractivity contribution in [2.45, 2.75) is 19.9 Å². The van der Waals surface area contributed by atoms with E-state index < -0.39 is 0 Å². The van der Waals surface area contributed by atoms with E-state index in [0.717, 1.165) is 11.3 Å². The van der Waals surface area contributed by atoms with Gasteiger partial charge < -0.3 is 14.6 Å². The second-order valence-corrected chi connectivity index (χ2v) is 6.33. The minimum atomic E-state index is -0.262. The molecule has 1 heterocycles. The Balaban J connectivity index is 1.86. The van der Waals surface area contributed by atoms with E-state index in [9.17, 15) is 4.79 Å². The number of hydrogen-bond donors (Lipinski definition) is 1. The molecule has 0 radical (unpaired) electrons. The molecule has 0 saturated heterocycles. The first-order valence-corrected chi connectivity index (χ1v) is 8.55. The lowest BCUT2D eigenvalue weighted by atomic mass is 10.0. The summed E-state index contributed by atoms with van der Waals surface area (Å²) in [5, 5.41) is 7.43. The molecule has 0 saturated carbocycles. The van der Waals surface area contributed by atoms with Crippen molar-refractivity contribution in [3.05, 3.63) is 70.4 Å². The highest BCUT2D eigenvalue weighted by Gasteiger charge is 2.24. The van der Waals surface area contributed by atoms with Gasteiger partial charge in [0.15, 0.2) is 5.76 Å². The fourth-order valence-corrected chi connectivity index (χ4v) is 2.93. The number of hydrogen-bond acceptors (Lipinski definition) is 4. The number of aromatic nitrogens is 1. The zero-order chi connectivity index (χ0) is 18.7. The van der Waals surface area contributed by atoms with Crippen molar-refractivity contribution in [1.82, 2.24) is 10.5 Å². The van der Waals surface area contributed by atoms with Crippen LogP contribution < -0.4 is 10.1 Å². The number of rotatable bonds is 5. The monoisotopic (exact) mass is 370 g/mol. The highest BCUT2D eigenvalue weighted by molar-refractivity contribution is 6.33. The molecule has 134 valence electrons. The fraction of sp³-hybridized carbons (Fsp3) is 0.200. The van der Waals surface area contributed by atoms with Crippen LogP contribution in [0.25, 0.3) is 11.3 Å². The second kappa shape index (κ2) is 7.62.